The van der Waals surface area contributed by atoms with E-state index in [9.17, 15) is 5.11 Å². The first-order chi connectivity index (χ1) is 9.35. The third kappa shape index (κ3) is 4.03. The largest absolute Gasteiger partial charge is 0.396 e. The monoisotopic (exact) mass is 262 g/mol. The van der Waals surface area contributed by atoms with Gasteiger partial charge in [0.1, 0.15) is 0 Å². The maximum atomic E-state index is 9.19. The van der Waals surface area contributed by atoms with E-state index in [0.717, 1.165) is 19.5 Å². The molecule has 3 nitrogen and oxygen atoms in total. The minimum atomic E-state index is 0.291. The van der Waals surface area contributed by atoms with Crippen LogP contribution in [-0.4, -0.2) is 42.3 Å². The zero-order valence-electron chi connectivity index (χ0n) is 11.7. The molecule has 1 heterocycles. The van der Waals surface area contributed by atoms with Crippen LogP contribution in [0.15, 0.2) is 30.3 Å². The SMILES string of the molecule is NCC(CN1CCCCC1CCO)c1ccccc1. The van der Waals surface area contributed by atoms with Crippen molar-refractivity contribution in [3.8, 4) is 0 Å². The summed E-state index contributed by atoms with van der Waals surface area (Å²) in [6.07, 6.45) is 4.67. The molecule has 2 unspecified atom stereocenters. The van der Waals surface area contributed by atoms with Gasteiger partial charge in [0, 0.05) is 31.7 Å². The molecule has 0 bridgehead atoms. The Morgan fingerprint density at radius 1 is 1.26 bits per heavy atom. The highest BCUT2D eigenvalue weighted by Crippen LogP contribution is 2.24. The molecule has 1 aliphatic rings. The van der Waals surface area contributed by atoms with Gasteiger partial charge >= 0.3 is 0 Å². The van der Waals surface area contributed by atoms with Gasteiger partial charge in [-0.15, -0.1) is 0 Å². The number of likely N-dealkylation sites (tertiary alicyclic amines) is 1. The molecule has 2 atom stereocenters. The molecule has 3 N–H and O–H groups in total. The molecule has 1 aromatic carbocycles. The average Bonchev–Trinajstić information content (AvgIpc) is 2.47. The van der Waals surface area contributed by atoms with E-state index in [1.807, 2.05) is 6.07 Å². The predicted octanol–water partition coefficient (Wildman–Crippen LogP) is 1.97. The van der Waals surface area contributed by atoms with Crippen molar-refractivity contribution in [3.05, 3.63) is 35.9 Å². The first-order valence-electron chi connectivity index (χ1n) is 7.45. The second-order valence-electron chi connectivity index (χ2n) is 5.50. The highest BCUT2D eigenvalue weighted by Gasteiger charge is 2.24. The third-order valence-electron chi connectivity index (χ3n) is 4.22. The molecular formula is C16H26N2O. The molecule has 106 valence electrons. The summed E-state index contributed by atoms with van der Waals surface area (Å²) in [6, 6.07) is 11.1. The predicted molar refractivity (Wildman–Crippen MR) is 79.2 cm³/mol. The number of hydrogen-bond donors (Lipinski definition) is 2. The van der Waals surface area contributed by atoms with Gasteiger partial charge in [0.05, 0.1) is 0 Å². The Balaban J connectivity index is 2.00. The van der Waals surface area contributed by atoms with Crippen LogP contribution in [0.2, 0.25) is 0 Å². The van der Waals surface area contributed by atoms with E-state index in [2.05, 4.69) is 29.2 Å². The van der Waals surface area contributed by atoms with E-state index in [1.54, 1.807) is 0 Å². The number of rotatable bonds is 6. The average molecular weight is 262 g/mol. The lowest BCUT2D eigenvalue weighted by Crippen LogP contribution is -2.43. The van der Waals surface area contributed by atoms with Crippen molar-refractivity contribution in [1.82, 2.24) is 4.90 Å². The quantitative estimate of drug-likeness (QED) is 0.824. The van der Waals surface area contributed by atoms with E-state index in [1.165, 1.54) is 24.8 Å². The number of nitrogens with zero attached hydrogens (tertiary/aromatic N) is 1. The van der Waals surface area contributed by atoms with E-state index in [-0.39, 0.29) is 0 Å². The minimum Gasteiger partial charge on any atom is -0.396 e. The molecule has 1 aliphatic heterocycles. The summed E-state index contributed by atoms with van der Waals surface area (Å²) in [5, 5.41) is 9.19. The smallest absolute Gasteiger partial charge is 0.0445 e. The summed E-state index contributed by atoms with van der Waals surface area (Å²) in [5.74, 6) is 0.403. The fourth-order valence-corrected chi connectivity index (χ4v) is 3.10. The number of benzene rings is 1. The molecule has 3 heteroatoms. The van der Waals surface area contributed by atoms with Crippen LogP contribution in [0.4, 0.5) is 0 Å². The summed E-state index contributed by atoms with van der Waals surface area (Å²) in [7, 11) is 0. The third-order valence-corrected chi connectivity index (χ3v) is 4.22. The molecule has 0 amide bonds. The summed E-state index contributed by atoms with van der Waals surface area (Å²) in [5.41, 5.74) is 7.30. The van der Waals surface area contributed by atoms with Gasteiger partial charge in [0.15, 0.2) is 0 Å². The molecular weight excluding hydrogens is 236 g/mol. The van der Waals surface area contributed by atoms with Crippen molar-refractivity contribution < 1.29 is 5.11 Å². The number of nitrogens with two attached hydrogens (primary N) is 1. The van der Waals surface area contributed by atoms with Gasteiger partial charge in [0.2, 0.25) is 0 Å². The lowest BCUT2D eigenvalue weighted by Gasteiger charge is -2.37. The Kier molecular flexibility index (Phi) is 5.83. The molecule has 0 aromatic heterocycles. The van der Waals surface area contributed by atoms with E-state index in [0.29, 0.717) is 25.1 Å². The van der Waals surface area contributed by atoms with Crippen molar-refractivity contribution >= 4 is 0 Å². The number of aliphatic hydroxyl groups is 1. The molecule has 0 aliphatic carbocycles. The molecule has 1 fully saturated rings. The molecule has 0 spiro atoms. The fourth-order valence-electron chi connectivity index (χ4n) is 3.10. The van der Waals surface area contributed by atoms with Crippen LogP contribution in [0.5, 0.6) is 0 Å². The Morgan fingerprint density at radius 3 is 2.74 bits per heavy atom. The highest BCUT2D eigenvalue weighted by atomic mass is 16.3. The van der Waals surface area contributed by atoms with Gasteiger partial charge in [-0.05, 0) is 31.4 Å². The van der Waals surface area contributed by atoms with Gasteiger partial charge in [-0.1, -0.05) is 36.8 Å². The van der Waals surface area contributed by atoms with Crippen LogP contribution in [-0.2, 0) is 0 Å². The molecule has 1 saturated heterocycles. The van der Waals surface area contributed by atoms with Crippen LogP contribution in [0, 0.1) is 0 Å². The van der Waals surface area contributed by atoms with Crippen LogP contribution in [0.25, 0.3) is 0 Å². The Bertz CT molecular complexity index is 353. The van der Waals surface area contributed by atoms with Crippen molar-refractivity contribution in [2.75, 3.05) is 26.2 Å². The topological polar surface area (TPSA) is 49.5 Å². The lowest BCUT2D eigenvalue weighted by molar-refractivity contribution is 0.113. The molecule has 19 heavy (non-hydrogen) atoms. The van der Waals surface area contributed by atoms with Gasteiger partial charge < -0.3 is 10.8 Å². The standard InChI is InChI=1S/C16H26N2O/c17-12-15(14-6-2-1-3-7-14)13-18-10-5-4-8-16(18)9-11-19/h1-3,6-7,15-16,19H,4-5,8-13,17H2. The minimum absolute atomic E-state index is 0.291. The van der Waals surface area contributed by atoms with Crippen LogP contribution < -0.4 is 5.73 Å². The van der Waals surface area contributed by atoms with Gasteiger partial charge in [-0.2, -0.15) is 0 Å². The molecule has 0 radical (unpaired) electrons. The number of hydrogen-bond acceptors (Lipinski definition) is 3. The highest BCUT2D eigenvalue weighted by molar-refractivity contribution is 5.20. The van der Waals surface area contributed by atoms with Crippen molar-refractivity contribution in [2.45, 2.75) is 37.6 Å². The fraction of sp³-hybridized carbons (Fsp3) is 0.625. The van der Waals surface area contributed by atoms with Crippen molar-refractivity contribution in [2.24, 2.45) is 5.73 Å². The van der Waals surface area contributed by atoms with E-state index >= 15 is 0 Å². The Labute approximate surface area is 116 Å². The summed E-state index contributed by atoms with van der Waals surface area (Å²) < 4.78 is 0. The van der Waals surface area contributed by atoms with Gasteiger partial charge in [-0.25, -0.2) is 0 Å². The normalized spacial score (nSPS) is 22.3. The summed E-state index contributed by atoms with van der Waals surface area (Å²) in [4.78, 5) is 2.53. The maximum Gasteiger partial charge on any atom is 0.0445 e. The van der Waals surface area contributed by atoms with Gasteiger partial charge in [0.25, 0.3) is 0 Å². The van der Waals surface area contributed by atoms with Crippen LogP contribution in [0.1, 0.15) is 37.2 Å². The van der Waals surface area contributed by atoms with E-state index in [4.69, 9.17) is 5.73 Å². The summed E-state index contributed by atoms with van der Waals surface area (Å²) in [6.45, 7) is 3.14. The number of aliphatic hydroxyl groups excluding tert-OH is 1. The summed E-state index contributed by atoms with van der Waals surface area (Å²) >= 11 is 0. The van der Waals surface area contributed by atoms with E-state index < -0.39 is 0 Å². The van der Waals surface area contributed by atoms with Crippen LogP contribution >= 0.6 is 0 Å². The second-order valence-corrected chi connectivity index (χ2v) is 5.50. The second kappa shape index (κ2) is 7.63. The molecule has 2 rings (SSSR count). The zero-order chi connectivity index (χ0) is 13.5. The maximum absolute atomic E-state index is 9.19. The first kappa shape index (κ1) is 14.5. The molecule has 0 saturated carbocycles. The van der Waals surface area contributed by atoms with Crippen molar-refractivity contribution in [1.29, 1.82) is 0 Å². The zero-order valence-corrected chi connectivity index (χ0v) is 11.7. The first-order valence-corrected chi connectivity index (χ1v) is 7.45. The van der Waals surface area contributed by atoms with Gasteiger partial charge in [-0.3, -0.25) is 4.90 Å². The lowest BCUT2D eigenvalue weighted by atomic mass is 9.94. The van der Waals surface area contributed by atoms with Crippen LogP contribution in [0.3, 0.4) is 0 Å². The molecule has 1 aromatic rings. The Hall–Kier alpha value is -0.900. The number of piperidine rings is 1. The van der Waals surface area contributed by atoms with Crippen molar-refractivity contribution in [3.63, 3.8) is 0 Å². The Morgan fingerprint density at radius 2 is 2.05 bits per heavy atom.